The normalized spacial score (nSPS) is 32.6. The number of nitrogens with zero attached hydrogens (tertiary/aromatic N) is 2. The highest BCUT2D eigenvalue weighted by molar-refractivity contribution is 6.05. The van der Waals surface area contributed by atoms with Crippen molar-refractivity contribution < 1.29 is 23.9 Å². The maximum Gasteiger partial charge on any atom is 0.255 e. The molecule has 1 aromatic rings. The van der Waals surface area contributed by atoms with E-state index in [9.17, 15) is 19.2 Å². The van der Waals surface area contributed by atoms with E-state index in [0.717, 1.165) is 56.6 Å². The van der Waals surface area contributed by atoms with Gasteiger partial charge in [0.25, 0.3) is 5.91 Å². The Bertz CT molecular complexity index is 1040. The van der Waals surface area contributed by atoms with Crippen molar-refractivity contribution in [3.63, 3.8) is 0 Å². The number of rotatable bonds is 5. The first-order valence-electron chi connectivity index (χ1n) is 12.1. The van der Waals surface area contributed by atoms with E-state index < -0.39 is 11.9 Å². The molecule has 6 aliphatic rings. The van der Waals surface area contributed by atoms with Crippen LogP contribution in [-0.2, 0) is 20.9 Å². The van der Waals surface area contributed by atoms with Crippen LogP contribution < -0.4 is 10.1 Å². The van der Waals surface area contributed by atoms with Crippen molar-refractivity contribution in [3.05, 3.63) is 29.3 Å². The Kier molecular flexibility index (Phi) is 4.74. The van der Waals surface area contributed by atoms with Crippen molar-refractivity contribution in [1.82, 2.24) is 15.1 Å². The number of amides is 4. The van der Waals surface area contributed by atoms with Crippen LogP contribution in [0.5, 0.6) is 5.75 Å². The highest BCUT2D eigenvalue weighted by Crippen LogP contribution is 2.65. The second-order valence-electron chi connectivity index (χ2n) is 10.4. The standard InChI is InChI=1S/C25H29N3O5/c29-21-7-6-20(22(30)26-21)28-13-16-9-18(4-5-19(16)23(28)31)33-14-17-3-1-2-8-27(17)24(32)25-10-15(11-25)12-25/h4-5,9,15,17,20H,1-3,6-8,10-14H2,(H,26,29,30)/t15?,17-,20?,25?/m1/s1. The van der Waals surface area contributed by atoms with E-state index in [1.807, 2.05) is 6.07 Å². The fourth-order valence-corrected chi connectivity index (χ4v) is 6.32. The van der Waals surface area contributed by atoms with Gasteiger partial charge in [-0.05, 0) is 74.6 Å². The minimum absolute atomic E-state index is 0.0618. The van der Waals surface area contributed by atoms with Gasteiger partial charge < -0.3 is 14.5 Å². The molecule has 2 bridgehead atoms. The highest BCUT2D eigenvalue weighted by atomic mass is 16.5. The SMILES string of the molecule is O=C1CCC(N2Cc3cc(OC[C@H]4CCCCN4C(=O)C45CC(C4)C5)ccc3C2=O)C(=O)N1. The number of hydrogen-bond acceptors (Lipinski definition) is 5. The monoisotopic (exact) mass is 451 g/mol. The Morgan fingerprint density at radius 3 is 2.67 bits per heavy atom. The van der Waals surface area contributed by atoms with Gasteiger partial charge >= 0.3 is 0 Å². The summed E-state index contributed by atoms with van der Waals surface area (Å²) >= 11 is 0. The maximum atomic E-state index is 13.2. The van der Waals surface area contributed by atoms with Crippen molar-refractivity contribution in [1.29, 1.82) is 0 Å². The predicted molar refractivity (Wildman–Crippen MR) is 117 cm³/mol. The fourth-order valence-electron chi connectivity index (χ4n) is 6.32. The molecule has 4 amide bonds. The quantitative estimate of drug-likeness (QED) is 0.691. The number of carbonyl (C=O) groups excluding carboxylic acids is 4. The number of imide groups is 1. The van der Waals surface area contributed by atoms with E-state index in [1.54, 1.807) is 17.0 Å². The molecule has 3 aliphatic heterocycles. The third kappa shape index (κ3) is 3.33. The number of ether oxygens (including phenoxy) is 1. The molecule has 0 spiro atoms. The van der Waals surface area contributed by atoms with E-state index in [0.29, 0.717) is 36.8 Å². The van der Waals surface area contributed by atoms with E-state index in [-0.39, 0.29) is 29.7 Å². The molecule has 2 saturated heterocycles. The van der Waals surface area contributed by atoms with Gasteiger partial charge in [0, 0.05) is 25.1 Å². The predicted octanol–water partition coefficient (Wildman–Crippen LogP) is 2.01. The van der Waals surface area contributed by atoms with Crippen molar-refractivity contribution in [2.24, 2.45) is 11.3 Å². The van der Waals surface area contributed by atoms with Gasteiger partial charge in [0.05, 0.1) is 11.5 Å². The molecule has 7 rings (SSSR count). The van der Waals surface area contributed by atoms with Crippen molar-refractivity contribution in [3.8, 4) is 5.75 Å². The minimum atomic E-state index is -0.620. The lowest BCUT2D eigenvalue weighted by molar-refractivity contribution is -0.181. The van der Waals surface area contributed by atoms with Crippen LogP contribution in [0.3, 0.4) is 0 Å². The molecule has 1 unspecified atom stereocenters. The molecular formula is C25H29N3O5. The Morgan fingerprint density at radius 1 is 1.12 bits per heavy atom. The molecule has 174 valence electrons. The lowest BCUT2D eigenvalue weighted by Gasteiger charge is -2.62. The van der Waals surface area contributed by atoms with E-state index in [1.165, 1.54) is 0 Å². The minimum Gasteiger partial charge on any atom is -0.491 e. The van der Waals surface area contributed by atoms with Gasteiger partial charge in [-0.15, -0.1) is 0 Å². The summed E-state index contributed by atoms with van der Waals surface area (Å²) in [7, 11) is 0. The largest absolute Gasteiger partial charge is 0.491 e. The summed E-state index contributed by atoms with van der Waals surface area (Å²) in [6.45, 7) is 1.60. The molecule has 0 radical (unpaired) electrons. The number of likely N-dealkylation sites (tertiary alicyclic amines) is 1. The van der Waals surface area contributed by atoms with Gasteiger partial charge in [-0.25, -0.2) is 0 Å². The van der Waals surface area contributed by atoms with Crippen LogP contribution in [0.2, 0.25) is 0 Å². The van der Waals surface area contributed by atoms with Gasteiger partial charge in [-0.3, -0.25) is 24.5 Å². The third-order valence-electron chi connectivity index (χ3n) is 8.32. The summed E-state index contributed by atoms with van der Waals surface area (Å²) < 4.78 is 6.13. The zero-order valence-corrected chi connectivity index (χ0v) is 18.7. The van der Waals surface area contributed by atoms with Crippen LogP contribution in [0, 0.1) is 11.3 Å². The van der Waals surface area contributed by atoms with E-state index in [2.05, 4.69) is 10.2 Å². The molecule has 3 aliphatic carbocycles. The second-order valence-corrected chi connectivity index (χ2v) is 10.4. The smallest absolute Gasteiger partial charge is 0.255 e. The summed E-state index contributed by atoms with van der Waals surface area (Å²) in [4.78, 5) is 53.3. The number of fused-ring (bicyclic) bond motifs is 1. The van der Waals surface area contributed by atoms with E-state index in [4.69, 9.17) is 4.74 Å². The van der Waals surface area contributed by atoms with Gasteiger partial charge in [0.15, 0.2) is 0 Å². The Morgan fingerprint density at radius 2 is 1.94 bits per heavy atom. The summed E-state index contributed by atoms with van der Waals surface area (Å²) in [6, 6.07) is 4.89. The Balaban J connectivity index is 1.11. The van der Waals surface area contributed by atoms with Gasteiger partial charge in [0.2, 0.25) is 17.7 Å². The van der Waals surface area contributed by atoms with Crippen molar-refractivity contribution in [2.45, 2.75) is 70.0 Å². The lowest BCUT2D eigenvalue weighted by Crippen LogP contribution is -2.63. The molecule has 3 saturated carbocycles. The lowest BCUT2D eigenvalue weighted by atomic mass is 9.44. The van der Waals surface area contributed by atoms with Gasteiger partial charge in [-0.2, -0.15) is 0 Å². The molecule has 3 heterocycles. The molecule has 8 nitrogen and oxygen atoms in total. The first-order valence-corrected chi connectivity index (χ1v) is 12.1. The summed E-state index contributed by atoms with van der Waals surface area (Å²) in [5.74, 6) is 0.902. The zero-order valence-electron chi connectivity index (χ0n) is 18.7. The first kappa shape index (κ1) is 20.7. The van der Waals surface area contributed by atoms with Gasteiger partial charge in [0.1, 0.15) is 18.4 Å². The Labute approximate surface area is 192 Å². The topological polar surface area (TPSA) is 96.0 Å². The molecule has 2 atom stereocenters. The average Bonchev–Trinajstić information content (AvgIpc) is 3.06. The highest BCUT2D eigenvalue weighted by Gasteiger charge is 2.62. The fraction of sp³-hybridized carbons (Fsp3) is 0.600. The first-order chi connectivity index (χ1) is 15.9. The van der Waals surface area contributed by atoms with Crippen molar-refractivity contribution in [2.75, 3.05) is 13.2 Å². The summed E-state index contributed by atoms with van der Waals surface area (Å²) in [6.07, 6.45) is 6.91. The molecular weight excluding hydrogens is 422 g/mol. The summed E-state index contributed by atoms with van der Waals surface area (Å²) in [5, 5.41) is 2.33. The number of carbonyl (C=O) groups is 4. The van der Waals surface area contributed by atoms with Crippen molar-refractivity contribution >= 4 is 23.6 Å². The summed E-state index contributed by atoms with van der Waals surface area (Å²) in [5.41, 5.74) is 1.34. The van der Waals surface area contributed by atoms with Crippen LogP contribution in [0.1, 0.15) is 67.3 Å². The molecule has 1 N–H and O–H groups in total. The number of nitrogens with one attached hydrogen (secondary N) is 1. The van der Waals surface area contributed by atoms with Crippen LogP contribution in [-0.4, -0.2) is 58.7 Å². The average molecular weight is 452 g/mol. The maximum absolute atomic E-state index is 13.2. The number of hydrogen-bond donors (Lipinski definition) is 1. The van der Waals surface area contributed by atoms with E-state index >= 15 is 0 Å². The van der Waals surface area contributed by atoms with Crippen LogP contribution >= 0.6 is 0 Å². The molecule has 8 heteroatoms. The second kappa shape index (κ2) is 7.57. The number of piperidine rings is 2. The van der Waals surface area contributed by atoms with Crippen LogP contribution in [0.4, 0.5) is 0 Å². The van der Waals surface area contributed by atoms with Crippen LogP contribution in [0.25, 0.3) is 0 Å². The molecule has 5 fully saturated rings. The molecule has 33 heavy (non-hydrogen) atoms. The van der Waals surface area contributed by atoms with Crippen LogP contribution in [0.15, 0.2) is 18.2 Å². The molecule has 0 aromatic heterocycles. The Hall–Kier alpha value is -2.90. The zero-order chi connectivity index (χ0) is 22.7. The number of benzene rings is 1. The molecule has 1 aromatic carbocycles. The third-order valence-corrected chi connectivity index (χ3v) is 8.32. The van der Waals surface area contributed by atoms with Gasteiger partial charge in [-0.1, -0.05) is 0 Å².